The topological polar surface area (TPSA) is 40.7 Å². The Hall–Kier alpha value is -1.77. The fourth-order valence-corrected chi connectivity index (χ4v) is 1.13. The minimum absolute atomic E-state index is 0.763. The largest absolute Gasteiger partial charge is 0.378 e. The van der Waals surface area contributed by atoms with E-state index in [0.29, 0.717) is 0 Å². The lowest BCUT2D eigenvalue weighted by Crippen LogP contribution is -1.99. The molecule has 0 radical (unpaired) electrons. The zero-order valence-corrected chi connectivity index (χ0v) is 7.20. The maximum atomic E-state index is 4.21. The van der Waals surface area contributed by atoms with Crippen LogP contribution in [-0.2, 0) is 6.54 Å². The van der Waals surface area contributed by atoms with Crippen LogP contribution in [0.1, 0.15) is 5.69 Å². The molecule has 2 aromatic heterocycles. The molecule has 66 valence electrons. The highest BCUT2D eigenvalue weighted by Crippen LogP contribution is 2.05. The van der Waals surface area contributed by atoms with Crippen molar-refractivity contribution in [2.75, 3.05) is 5.32 Å². The second-order valence-corrected chi connectivity index (χ2v) is 2.77. The van der Waals surface area contributed by atoms with Gasteiger partial charge in [0.2, 0.25) is 0 Å². The number of anilines is 1. The van der Waals surface area contributed by atoms with E-state index in [-0.39, 0.29) is 0 Å². The summed E-state index contributed by atoms with van der Waals surface area (Å²) in [6, 6.07) is 7.89. The average molecular weight is 173 g/mol. The molecule has 3 nitrogen and oxygen atoms in total. The summed E-state index contributed by atoms with van der Waals surface area (Å²) in [7, 11) is 0. The molecule has 0 atom stereocenters. The first kappa shape index (κ1) is 7.86. The maximum absolute atomic E-state index is 4.21. The Labute approximate surface area is 76.8 Å². The Morgan fingerprint density at radius 3 is 3.00 bits per heavy atom. The highest BCUT2D eigenvalue weighted by atomic mass is 14.9. The van der Waals surface area contributed by atoms with E-state index in [0.717, 1.165) is 17.9 Å². The highest BCUT2D eigenvalue weighted by Gasteiger charge is 1.92. The van der Waals surface area contributed by atoms with Crippen LogP contribution in [0.2, 0.25) is 0 Å². The van der Waals surface area contributed by atoms with Gasteiger partial charge in [0, 0.05) is 18.6 Å². The zero-order chi connectivity index (χ0) is 8.93. The van der Waals surface area contributed by atoms with Crippen molar-refractivity contribution in [2.45, 2.75) is 6.54 Å². The van der Waals surface area contributed by atoms with Crippen LogP contribution < -0.4 is 5.32 Å². The Balaban J connectivity index is 1.94. The van der Waals surface area contributed by atoms with Crippen LogP contribution >= 0.6 is 0 Å². The van der Waals surface area contributed by atoms with E-state index in [1.165, 1.54) is 0 Å². The van der Waals surface area contributed by atoms with Gasteiger partial charge in [-0.2, -0.15) is 0 Å². The molecule has 0 aliphatic carbocycles. The summed E-state index contributed by atoms with van der Waals surface area (Å²) in [5, 5.41) is 3.25. The molecule has 2 N–H and O–H groups in total. The lowest BCUT2D eigenvalue weighted by atomic mass is 10.3. The first-order valence-electron chi connectivity index (χ1n) is 4.22. The average Bonchev–Trinajstić information content (AvgIpc) is 2.69. The van der Waals surface area contributed by atoms with Crippen LogP contribution in [-0.4, -0.2) is 9.97 Å². The van der Waals surface area contributed by atoms with E-state index in [1.807, 2.05) is 36.7 Å². The normalized spacial score (nSPS) is 9.85. The van der Waals surface area contributed by atoms with Crippen LogP contribution in [0.3, 0.4) is 0 Å². The number of hydrogen-bond acceptors (Lipinski definition) is 2. The van der Waals surface area contributed by atoms with Crippen LogP contribution in [0, 0.1) is 0 Å². The summed E-state index contributed by atoms with van der Waals surface area (Å²) < 4.78 is 0. The highest BCUT2D eigenvalue weighted by molar-refractivity contribution is 5.40. The summed E-state index contributed by atoms with van der Waals surface area (Å²) >= 11 is 0. The summed E-state index contributed by atoms with van der Waals surface area (Å²) in [6.07, 6.45) is 5.61. The van der Waals surface area contributed by atoms with Crippen molar-refractivity contribution >= 4 is 5.69 Å². The number of aromatic amines is 1. The lowest BCUT2D eigenvalue weighted by Gasteiger charge is -2.01. The fourth-order valence-electron chi connectivity index (χ4n) is 1.13. The first-order valence-corrected chi connectivity index (χ1v) is 4.22. The molecule has 3 heteroatoms. The number of hydrogen-bond donors (Lipinski definition) is 2. The molecular formula is C10H11N3. The Bertz CT molecular complexity index is 340. The molecule has 0 fully saturated rings. The summed E-state index contributed by atoms with van der Waals surface area (Å²) in [5.41, 5.74) is 2.13. The van der Waals surface area contributed by atoms with Gasteiger partial charge < -0.3 is 10.3 Å². The molecule has 0 aliphatic heterocycles. The standard InChI is InChI=1S/C10H11N3/c1-2-5-12-9(3-1)8-13-10-4-6-11-7-10/h1-7,11,13H,8H2. The summed E-state index contributed by atoms with van der Waals surface area (Å²) in [4.78, 5) is 7.19. The molecule has 2 heterocycles. The van der Waals surface area contributed by atoms with E-state index in [2.05, 4.69) is 15.3 Å². The van der Waals surface area contributed by atoms with Crippen molar-refractivity contribution in [3.8, 4) is 0 Å². The van der Waals surface area contributed by atoms with E-state index >= 15 is 0 Å². The smallest absolute Gasteiger partial charge is 0.0594 e. The van der Waals surface area contributed by atoms with Gasteiger partial charge in [0.25, 0.3) is 0 Å². The van der Waals surface area contributed by atoms with Crippen molar-refractivity contribution in [2.24, 2.45) is 0 Å². The third-order valence-corrected chi connectivity index (χ3v) is 1.80. The second kappa shape index (κ2) is 3.76. The van der Waals surface area contributed by atoms with Gasteiger partial charge in [-0.3, -0.25) is 4.98 Å². The van der Waals surface area contributed by atoms with Crippen molar-refractivity contribution in [3.63, 3.8) is 0 Å². The van der Waals surface area contributed by atoms with E-state index in [1.54, 1.807) is 6.20 Å². The molecule has 0 spiro atoms. The van der Waals surface area contributed by atoms with Gasteiger partial charge >= 0.3 is 0 Å². The Morgan fingerprint density at radius 2 is 2.31 bits per heavy atom. The SMILES string of the molecule is c1ccc(CNc2cc[nH]c2)nc1. The number of H-pyrrole nitrogens is 1. The predicted molar refractivity (Wildman–Crippen MR) is 52.4 cm³/mol. The van der Waals surface area contributed by atoms with Crippen LogP contribution in [0.5, 0.6) is 0 Å². The van der Waals surface area contributed by atoms with Crippen molar-refractivity contribution in [3.05, 3.63) is 48.5 Å². The van der Waals surface area contributed by atoms with Gasteiger partial charge in [-0.05, 0) is 18.2 Å². The van der Waals surface area contributed by atoms with Crippen LogP contribution in [0.4, 0.5) is 5.69 Å². The molecule has 0 saturated heterocycles. The number of nitrogens with zero attached hydrogens (tertiary/aromatic N) is 1. The van der Waals surface area contributed by atoms with E-state index in [4.69, 9.17) is 0 Å². The summed E-state index contributed by atoms with van der Waals surface area (Å²) in [6.45, 7) is 0.763. The number of aromatic nitrogens is 2. The maximum Gasteiger partial charge on any atom is 0.0594 e. The van der Waals surface area contributed by atoms with Crippen molar-refractivity contribution in [1.82, 2.24) is 9.97 Å². The Morgan fingerprint density at radius 1 is 1.31 bits per heavy atom. The van der Waals surface area contributed by atoms with Crippen LogP contribution in [0.25, 0.3) is 0 Å². The van der Waals surface area contributed by atoms with E-state index < -0.39 is 0 Å². The third kappa shape index (κ3) is 2.08. The molecule has 13 heavy (non-hydrogen) atoms. The van der Waals surface area contributed by atoms with Crippen molar-refractivity contribution in [1.29, 1.82) is 0 Å². The lowest BCUT2D eigenvalue weighted by molar-refractivity contribution is 1.05. The molecule has 0 saturated carbocycles. The molecule has 2 aromatic rings. The molecule has 0 aromatic carbocycles. The number of pyridine rings is 1. The second-order valence-electron chi connectivity index (χ2n) is 2.77. The van der Waals surface area contributed by atoms with Crippen LogP contribution in [0.15, 0.2) is 42.9 Å². The molecule has 2 rings (SSSR count). The van der Waals surface area contributed by atoms with Gasteiger partial charge in [-0.25, -0.2) is 0 Å². The molecular weight excluding hydrogens is 162 g/mol. The molecule has 0 amide bonds. The molecule has 0 aliphatic rings. The number of rotatable bonds is 3. The summed E-state index contributed by atoms with van der Waals surface area (Å²) in [5.74, 6) is 0. The van der Waals surface area contributed by atoms with Gasteiger partial charge in [-0.15, -0.1) is 0 Å². The van der Waals surface area contributed by atoms with Gasteiger partial charge in [0.15, 0.2) is 0 Å². The van der Waals surface area contributed by atoms with Gasteiger partial charge in [0.05, 0.1) is 17.9 Å². The minimum Gasteiger partial charge on any atom is -0.378 e. The zero-order valence-electron chi connectivity index (χ0n) is 7.20. The van der Waals surface area contributed by atoms with E-state index in [9.17, 15) is 0 Å². The fraction of sp³-hybridized carbons (Fsp3) is 0.100. The number of nitrogens with one attached hydrogen (secondary N) is 2. The molecule has 0 unspecified atom stereocenters. The first-order chi connectivity index (χ1) is 6.45. The van der Waals surface area contributed by atoms with Gasteiger partial charge in [0.1, 0.15) is 0 Å². The third-order valence-electron chi connectivity index (χ3n) is 1.80. The van der Waals surface area contributed by atoms with Gasteiger partial charge in [-0.1, -0.05) is 6.07 Å². The molecule has 0 bridgehead atoms. The monoisotopic (exact) mass is 173 g/mol. The quantitative estimate of drug-likeness (QED) is 0.745. The minimum atomic E-state index is 0.763. The Kier molecular flexibility index (Phi) is 2.27. The predicted octanol–water partition coefficient (Wildman–Crippen LogP) is 2.02. The van der Waals surface area contributed by atoms with Crippen molar-refractivity contribution < 1.29 is 0 Å².